The highest BCUT2D eigenvalue weighted by molar-refractivity contribution is 6.13. The summed E-state index contributed by atoms with van der Waals surface area (Å²) in [7, 11) is 0. The quantitative estimate of drug-likeness (QED) is 0.168. The molecule has 2 heterocycles. The lowest BCUT2D eigenvalue weighted by atomic mass is 9.96. The molecule has 284 valence electrons. The first-order valence-corrected chi connectivity index (χ1v) is 17.8. The number of fused-ring (bicyclic) bond motifs is 6. The van der Waals surface area contributed by atoms with E-state index in [0.29, 0.717) is 0 Å². The van der Waals surface area contributed by atoms with Crippen LogP contribution in [0.25, 0.3) is 122 Å². The van der Waals surface area contributed by atoms with Crippen LogP contribution in [0.1, 0.15) is 46.6 Å². The van der Waals surface area contributed by atoms with Gasteiger partial charge in [0, 0.05) is 27.5 Å². The van der Waals surface area contributed by atoms with E-state index in [1.54, 1.807) is 0 Å². The van der Waals surface area contributed by atoms with Crippen molar-refractivity contribution in [3.05, 3.63) is 212 Å². The first-order valence-electron chi connectivity index (χ1n) is 34.8. The van der Waals surface area contributed by atoms with Gasteiger partial charge in [0.25, 0.3) is 0 Å². The molecule has 0 aliphatic rings. The minimum Gasteiger partial charge on any atom is -0.456 e. The first-order chi connectivity index (χ1) is 44.4. The molecule has 10 aromatic carbocycles. The molecule has 0 fully saturated rings. The maximum absolute atomic E-state index is 10.2. The highest BCUT2D eigenvalue weighted by atomic mass is 16.3. The zero-order valence-corrected chi connectivity index (χ0v) is 30.3. The summed E-state index contributed by atoms with van der Waals surface area (Å²) in [6.07, 6.45) is 0. The molecule has 12 aromatic rings. The largest absolute Gasteiger partial charge is 0.456 e. The van der Waals surface area contributed by atoms with Crippen LogP contribution in [0, 0.1) is 0 Å². The summed E-state index contributed by atoms with van der Waals surface area (Å²) < 4.78 is 313. The van der Waals surface area contributed by atoms with Gasteiger partial charge in [-0.05, 0) is 114 Å². The van der Waals surface area contributed by atoms with Crippen molar-refractivity contribution < 1.29 is 51.0 Å². The standard InChI is InChI=1S/C57H35N3O/c1-3-11-36(12-4-1)41-24-25-44-31-46(28-26-43(44)30-41)55-58-56(47-27-21-39-20-22-42(32-48(39)33-47)37-13-5-2-6-14-37)60-57(59-55)51-34-49(45-23-19-38-15-7-8-16-40(38)29-45)35-53-54(51)50-17-9-10-18-52(50)61-53/h1-35H/i1D,2D,3D,4D,5D,6D,7D,8D,9D,10D,11D,12D,13D,15D,16D,17D,18D,19D,20D,21D,22D,23D,24D,25D,26D,27D,28D,29D,30D,31D,32D,33D,34D,35D. The molecule has 0 saturated heterocycles. The van der Waals surface area contributed by atoms with Crippen molar-refractivity contribution in [2.75, 3.05) is 0 Å². The van der Waals surface area contributed by atoms with Crippen LogP contribution in [0.4, 0.5) is 0 Å². The number of para-hydroxylation sites is 1. The molecular formula is C57H35N3O. The number of aromatic nitrogens is 3. The van der Waals surface area contributed by atoms with Crippen molar-refractivity contribution in [1.29, 1.82) is 0 Å². The van der Waals surface area contributed by atoms with Crippen LogP contribution in [0.5, 0.6) is 0 Å². The number of furan rings is 1. The van der Waals surface area contributed by atoms with Gasteiger partial charge >= 0.3 is 0 Å². The fourth-order valence-corrected chi connectivity index (χ4v) is 6.41. The van der Waals surface area contributed by atoms with E-state index in [2.05, 4.69) is 15.0 Å². The lowest BCUT2D eigenvalue weighted by Gasteiger charge is -2.12. The van der Waals surface area contributed by atoms with E-state index < -0.39 is 327 Å². The molecule has 0 aliphatic carbocycles. The molecule has 0 unspecified atom stereocenters. The minimum atomic E-state index is -1.13. The van der Waals surface area contributed by atoms with Crippen LogP contribution in [0.3, 0.4) is 0 Å². The maximum atomic E-state index is 10.2. The molecule has 0 radical (unpaired) electrons. The van der Waals surface area contributed by atoms with Gasteiger partial charge in [-0.2, -0.15) is 0 Å². The number of hydrogen-bond acceptors (Lipinski definition) is 4. The second-order valence-electron chi connectivity index (χ2n) is 12.9. The highest BCUT2D eigenvalue weighted by Gasteiger charge is 2.20. The maximum Gasteiger partial charge on any atom is 0.164 e. The Hall–Kier alpha value is -8.21. The van der Waals surface area contributed by atoms with E-state index in [4.69, 9.17) is 30.5 Å². The van der Waals surface area contributed by atoms with Crippen molar-refractivity contribution in [2.24, 2.45) is 0 Å². The summed E-state index contributed by atoms with van der Waals surface area (Å²) in [5.74, 6) is -3.11. The fourth-order valence-electron chi connectivity index (χ4n) is 6.41. The third kappa shape index (κ3) is 6.30. The van der Waals surface area contributed by atoms with Crippen molar-refractivity contribution in [3.8, 4) is 67.5 Å². The molecule has 0 bridgehead atoms. The summed E-state index contributed by atoms with van der Waals surface area (Å²) in [4.78, 5) is 13.6. The molecule has 0 saturated carbocycles. The van der Waals surface area contributed by atoms with E-state index in [0.717, 1.165) is 6.07 Å². The summed E-state index contributed by atoms with van der Waals surface area (Å²) in [6.45, 7) is 0. The predicted octanol–water partition coefficient (Wildman–Crippen LogP) is 15.2. The van der Waals surface area contributed by atoms with E-state index in [-0.39, 0.29) is 0 Å². The Kier molecular flexibility index (Phi) is 3.46. The Morgan fingerprint density at radius 3 is 1.56 bits per heavy atom. The Bertz CT molecular complexity index is 5640. The van der Waals surface area contributed by atoms with E-state index in [1.807, 2.05) is 0 Å². The van der Waals surface area contributed by atoms with Gasteiger partial charge in [0.1, 0.15) is 11.2 Å². The molecule has 2 aromatic heterocycles. The van der Waals surface area contributed by atoms with Gasteiger partial charge in [-0.25, -0.2) is 15.0 Å². The zero-order chi connectivity index (χ0) is 69.9. The molecular weight excluding hydrogens is 743 g/mol. The van der Waals surface area contributed by atoms with Crippen LogP contribution in [0.15, 0.2) is 216 Å². The number of hydrogen-bond donors (Lipinski definition) is 0. The third-order valence-electron chi connectivity index (χ3n) is 9.20. The monoisotopic (exact) mass is 811 g/mol. The molecule has 0 N–H and O–H groups in total. The third-order valence-corrected chi connectivity index (χ3v) is 9.20. The predicted molar refractivity (Wildman–Crippen MR) is 252 cm³/mol. The average molecular weight is 812 g/mol. The summed E-state index contributed by atoms with van der Waals surface area (Å²) in [5, 5.41) is -5.60. The Balaban J connectivity index is 1.30. The van der Waals surface area contributed by atoms with Crippen molar-refractivity contribution in [2.45, 2.75) is 0 Å². The summed E-state index contributed by atoms with van der Waals surface area (Å²) in [5.41, 5.74) is -8.73. The summed E-state index contributed by atoms with van der Waals surface area (Å²) >= 11 is 0. The lowest BCUT2D eigenvalue weighted by molar-refractivity contribution is 0.669. The van der Waals surface area contributed by atoms with Crippen molar-refractivity contribution in [3.63, 3.8) is 0 Å². The molecule has 4 heteroatoms. The Morgan fingerprint density at radius 2 is 0.803 bits per heavy atom. The molecule has 0 spiro atoms. The second kappa shape index (κ2) is 14.3. The normalized spacial score (nSPS) is 19.4. The lowest BCUT2D eigenvalue weighted by Crippen LogP contribution is -2.01. The van der Waals surface area contributed by atoms with Gasteiger partial charge < -0.3 is 4.42 Å². The Labute approximate surface area is 399 Å². The van der Waals surface area contributed by atoms with Gasteiger partial charge in [-0.1, -0.05) is 163 Å². The van der Waals surface area contributed by atoms with Gasteiger partial charge in [0.15, 0.2) is 17.5 Å². The fraction of sp³-hybridized carbons (Fsp3) is 0. The second-order valence-corrected chi connectivity index (χ2v) is 12.9. The zero-order valence-electron chi connectivity index (χ0n) is 64.3. The number of benzene rings is 10. The minimum absolute atomic E-state index is 0.509. The van der Waals surface area contributed by atoms with E-state index >= 15 is 0 Å². The highest BCUT2D eigenvalue weighted by Crippen LogP contribution is 2.41. The smallest absolute Gasteiger partial charge is 0.164 e. The van der Waals surface area contributed by atoms with Crippen LogP contribution < -0.4 is 0 Å². The van der Waals surface area contributed by atoms with Crippen LogP contribution >= 0.6 is 0 Å². The van der Waals surface area contributed by atoms with Crippen molar-refractivity contribution >= 4 is 54.3 Å². The SMILES string of the molecule is [2H]c1cc(-c2c([2H])c([2H])c3c([2H])c([2H])c(-c4nc(-c5c([2H])c([2H])c6c([2H])c(-c7c([2H])c([2H])c([2H])c([2H])c7[2H])c([2H])c([2H])c6c5[2H])nc(-c5c([2H])c(-c6c([2H])c([2H])c7c([2H])c([2H])c([2H])c([2H])c7c6[2H])c([2H])c6oc7c([2H])c([2H])c([2H])c([2H])c7c56)n4)c([2H])c3c2[2H])c([2H])c([2H])c1[2H]. The van der Waals surface area contributed by atoms with Gasteiger partial charge in [0.2, 0.25) is 0 Å². The van der Waals surface area contributed by atoms with E-state index in [9.17, 15) is 20.6 Å². The van der Waals surface area contributed by atoms with E-state index in [1.165, 1.54) is 0 Å². The van der Waals surface area contributed by atoms with Crippen LogP contribution in [0.2, 0.25) is 0 Å². The molecule has 4 nitrogen and oxygen atoms in total. The number of nitrogens with zero attached hydrogens (tertiary/aromatic N) is 3. The van der Waals surface area contributed by atoms with Gasteiger partial charge in [0.05, 0.1) is 46.6 Å². The molecule has 61 heavy (non-hydrogen) atoms. The first kappa shape index (κ1) is 14.8. The molecule has 12 rings (SSSR count). The number of rotatable bonds is 6. The topological polar surface area (TPSA) is 51.8 Å². The molecule has 0 amide bonds. The van der Waals surface area contributed by atoms with Crippen LogP contribution in [-0.4, -0.2) is 15.0 Å². The van der Waals surface area contributed by atoms with Gasteiger partial charge in [-0.3, -0.25) is 0 Å². The summed E-state index contributed by atoms with van der Waals surface area (Å²) in [6, 6.07) is -31.0. The van der Waals surface area contributed by atoms with Gasteiger partial charge in [-0.15, -0.1) is 0 Å². The van der Waals surface area contributed by atoms with Crippen LogP contribution in [-0.2, 0) is 0 Å². The molecule has 0 aliphatic heterocycles. The average Bonchev–Trinajstić information content (AvgIpc) is 1.69. The Morgan fingerprint density at radius 1 is 0.311 bits per heavy atom. The molecule has 0 atom stereocenters. The van der Waals surface area contributed by atoms with Crippen molar-refractivity contribution in [1.82, 2.24) is 15.0 Å².